The maximum absolute atomic E-state index is 13.1. The molecule has 0 aromatic heterocycles. The zero-order valence-electron chi connectivity index (χ0n) is 8.67. The molecule has 86 valence electrons. The monoisotopic (exact) mass is 286 g/mol. The van der Waals surface area contributed by atoms with E-state index in [0.29, 0.717) is 22.9 Å². The molecule has 0 saturated heterocycles. The van der Waals surface area contributed by atoms with Crippen LogP contribution in [0.1, 0.15) is 31.2 Å². The summed E-state index contributed by atoms with van der Waals surface area (Å²) in [7, 11) is 0. The van der Waals surface area contributed by atoms with Crippen LogP contribution in [0.5, 0.6) is 0 Å². The highest BCUT2D eigenvalue weighted by atomic mass is 79.9. The third kappa shape index (κ3) is 1.75. The fraction of sp³-hybridized carbons (Fsp3) is 0.417. The van der Waals surface area contributed by atoms with Crippen LogP contribution < -0.4 is 0 Å². The molecular weight excluding hydrogens is 275 g/mol. The van der Waals surface area contributed by atoms with Crippen molar-refractivity contribution in [2.45, 2.75) is 31.1 Å². The van der Waals surface area contributed by atoms with Crippen molar-refractivity contribution in [2.24, 2.45) is 0 Å². The number of hydrogen-bond acceptors (Lipinski definition) is 1. The second kappa shape index (κ2) is 4.17. The van der Waals surface area contributed by atoms with Gasteiger partial charge in [-0.05, 0) is 46.5 Å². The van der Waals surface area contributed by atoms with Crippen LogP contribution in [0.3, 0.4) is 0 Å². The van der Waals surface area contributed by atoms with Gasteiger partial charge in [0.05, 0.1) is 9.89 Å². The number of benzene rings is 1. The first-order valence-electron chi connectivity index (χ1n) is 5.25. The van der Waals surface area contributed by atoms with Gasteiger partial charge in [-0.1, -0.05) is 18.9 Å². The molecule has 0 bridgehead atoms. The number of rotatable bonds is 2. The maximum atomic E-state index is 13.1. The van der Waals surface area contributed by atoms with Crippen molar-refractivity contribution in [3.63, 3.8) is 0 Å². The molecule has 2 rings (SSSR count). The zero-order chi connectivity index (χ0) is 11.8. The van der Waals surface area contributed by atoms with Gasteiger partial charge in [-0.25, -0.2) is 4.39 Å². The Labute approximate surface area is 102 Å². The second-order valence-corrected chi connectivity index (χ2v) is 5.08. The highest BCUT2D eigenvalue weighted by Crippen LogP contribution is 2.42. The molecule has 1 fully saturated rings. The van der Waals surface area contributed by atoms with Crippen LogP contribution in [0, 0.1) is 5.82 Å². The maximum Gasteiger partial charge on any atom is 0.314 e. The molecule has 0 aliphatic heterocycles. The Hall–Kier alpha value is -0.900. The fourth-order valence-electron chi connectivity index (χ4n) is 2.40. The van der Waals surface area contributed by atoms with Gasteiger partial charge >= 0.3 is 5.97 Å². The van der Waals surface area contributed by atoms with Crippen molar-refractivity contribution in [3.05, 3.63) is 34.1 Å². The molecule has 0 radical (unpaired) electrons. The summed E-state index contributed by atoms with van der Waals surface area (Å²) in [5.74, 6) is -1.16. The van der Waals surface area contributed by atoms with Gasteiger partial charge in [0.1, 0.15) is 5.82 Å². The summed E-state index contributed by atoms with van der Waals surface area (Å²) in [6.45, 7) is 0. The second-order valence-electron chi connectivity index (χ2n) is 4.22. The Morgan fingerprint density at radius 2 is 2.00 bits per heavy atom. The van der Waals surface area contributed by atoms with E-state index in [0.717, 1.165) is 12.8 Å². The van der Waals surface area contributed by atoms with E-state index in [1.165, 1.54) is 6.07 Å². The molecule has 0 amide bonds. The molecular formula is C12H12BrFO2. The number of aliphatic carboxylic acids is 1. The van der Waals surface area contributed by atoms with Crippen LogP contribution in [0.15, 0.2) is 22.7 Å². The van der Waals surface area contributed by atoms with E-state index in [-0.39, 0.29) is 5.82 Å². The average molecular weight is 287 g/mol. The lowest BCUT2D eigenvalue weighted by atomic mass is 9.79. The number of halogens is 2. The molecule has 0 unspecified atom stereocenters. The lowest BCUT2D eigenvalue weighted by Gasteiger charge is -2.24. The van der Waals surface area contributed by atoms with Gasteiger partial charge in [-0.2, -0.15) is 0 Å². The van der Waals surface area contributed by atoms with E-state index in [2.05, 4.69) is 15.9 Å². The SMILES string of the molecule is O=C(O)C1(c2ccc(F)c(Br)c2)CCCC1. The number of carboxylic acids is 1. The topological polar surface area (TPSA) is 37.3 Å². The lowest BCUT2D eigenvalue weighted by Crippen LogP contribution is -2.32. The summed E-state index contributed by atoms with van der Waals surface area (Å²) in [5.41, 5.74) is -0.110. The van der Waals surface area contributed by atoms with E-state index in [9.17, 15) is 14.3 Å². The Balaban J connectivity index is 2.47. The van der Waals surface area contributed by atoms with E-state index >= 15 is 0 Å². The summed E-state index contributed by atoms with van der Waals surface area (Å²) in [6, 6.07) is 4.50. The molecule has 1 aromatic carbocycles. The van der Waals surface area contributed by atoms with Crippen molar-refractivity contribution >= 4 is 21.9 Å². The quantitative estimate of drug-likeness (QED) is 0.904. The summed E-state index contributed by atoms with van der Waals surface area (Å²) in [5, 5.41) is 9.37. The van der Waals surface area contributed by atoms with Gasteiger partial charge in [0.25, 0.3) is 0 Å². The molecule has 0 heterocycles. The molecule has 0 spiro atoms. The number of carboxylic acid groups (broad SMARTS) is 1. The average Bonchev–Trinajstić information content (AvgIpc) is 2.72. The van der Waals surface area contributed by atoms with Crippen LogP contribution >= 0.6 is 15.9 Å². The summed E-state index contributed by atoms with van der Waals surface area (Å²) >= 11 is 3.10. The van der Waals surface area contributed by atoms with Crippen molar-refractivity contribution in [1.82, 2.24) is 0 Å². The smallest absolute Gasteiger partial charge is 0.314 e. The molecule has 1 aliphatic carbocycles. The van der Waals surface area contributed by atoms with Gasteiger partial charge in [0.15, 0.2) is 0 Å². The molecule has 2 nitrogen and oxygen atoms in total. The first-order valence-corrected chi connectivity index (χ1v) is 6.04. The van der Waals surface area contributed by atoms with E-state index in [4.69, 9.17) is 0 Å². The highest BCUT2D eigenvalue weighted by molar-refractivity contribution is 9.10. The van der Waals surface area contributed by atoms with Crippen molar-refractivity contribution in [3.8, 4) is 0 Å². The van der Waals surface area contributed by atoms with Gasteiger partial charge in [0, 0.05) is 0 Å². The Morgan fingerprint density at radius 3 is 2.50 bits per heavy atom. The predicted octanol–water partition coefficient (Wildman–Crippen LogP) is 3.48. The van der Waals surface area contributed by atoms with Crippen LogP contribution in [0.2, 0.25) is 0 Å². The number of hydrogen-bond donors (Lipinski definition) is 1. The number of carbonyl (C=O) groups is 1. The van der Waals surface area contributed by atoms with Crippen LogP contribution in [0.25, 0.3) is 0 Å². The molecule has 1 N–H and O–H groups in total. The van der Waals surface area contributed by atoms with E-state index < -0.39 is 11.4 Å². The van der Waals surface area contributed by atoms with E-state index in [1.807, 2.05) is 0 Å². The van der Waals surface area contributed by atoms with Crippen LogP contribution in [-0.2, 0) is 10.2 Å². The van der Waals surface area contributed by atoms with Gasteiger partial charge in [-0.15, -0.1) is 0 Å². The van der Waals surface area contributed by atoms with Gasteiger partial charge in [0.2, 0.25) is 0 Å². The molecule has 0 atom stereocenters. The molecule has 16 heavy (non-hydrogen) atoms. The van der Waals surface area contributed by atoms with Gasteiger partial charge < -0.3 is 5.11 Å². The lowest BCUT2D eigenvalue weighted by molar-refractivity contribution is -0.143. The minimum Gasteiger partial charge on any atom is -0.481 e. The van der Waals surface area contributed by atoms with Gasteiger partial charge in [-0.3, -0.25) is 4.79 Å². The Kier molecular flexibility index (Phi) is 3.02. The predicted molar refractivity (Wildman–Crippen MR) is 61.9 cm³/mol. The molecule has 1 aromatic rings. The zero-order valence-corrected chi connectivity index (χ0v) is 10.3. The Morgan fingerprint density at radius 1 is 1.38 bits per heavy atom. The summed E-state index contributed by atoms with van der Waals surface area (Å²) < 4.78 is 13.4. The largest absolute Gasteiger partial charge is 0.481 e. The third-order valence-corrected chi connectivity index (χ3v) is 3.95. The minimum atomic E-state index is -0.809. The van der Waals surface area contributed by atoms with Crippen molar-refractivity contribution in [1.29, 1.82) is 0 Å². The summed E-state index contributed by atoms with van der Waals surface area (Å²) in [6.07, 6.45) is 3.11. The first kappa shape index (κ1) is 11.6. The standard InChI is InChI=1S/C12H12BrFO2/c13-9-7-8(3-4-10(9)14)12(11(15)16)5-1-2-6-12/h3-4,7H,1-2,5-6H2,(H,15,16). The first-order chi connectivity index (χ1) is 7.56. The molecule has 4 heteroatoms. The Bertz CT molecular complexity index is 425. The fourth-order valence-corrected chi connectivity index (χ4v) is 2.78. The highest BCUT2D eigenvalue weighted by Gasteiger charge is 2.43. The summed E-state index contributed by atoms with van der Waals surface area (Å²) in [4.78, 5) is 11.4. The van der Waals surface area contributed by atoms with Crippen molar-refractivity contribution < 1.29 is 14.3 Å². The van der Waals surface area contributed by atoms with Crippen molar-refractivity contribution in [2.75, 3.05) is 0 Å². The van der Waals surface area contributed by atoms with Crippen LogP contribution in [0.4, 0.5) is 4.39 Å². The normalized spacial score (nSPS) is 18.6. The molecule has 1 aliphatic rings. The molecule has 1 saturated carbocycles. The van der Waals surface area contributed by atoms with E-state index in [1.54, 1.807) is 12.1 Å². The van der Waals surface area contributed by atoms with Crippen LogP contribution in [-0.4, -0.2) is 11.1 Å². The third-order valence-electron chi connectivity index (χ3n) is 3.34. The minimum absolute atomic E-state index is 0.331.